The molecule has 0 aliphatic carbocycles. The number of furan rings is 1. The highest BCUT2D eigenvalue weighted by Crippen LogP contribution is 2.21. The number of hydrogen-bond acceptors (Lipinski definition) is 5. The molecule has 140 valence electrons. The first-order valence-electron chi connectivity index (χ1n) is 9.27. The maximum absolute atomic E-state index is 12.3. The van der Waals surface area contributed by atoms with Crippen molar-refractivity contribution in [3.63, 3.8) is 0 Å². The predicted molar refractivity (Wildman–Crippen MR) is 101 cm³/mol. The summed E-state index contributed by atoms with van der Waals surface area (Å²) >= 11 is 0. The molecule has 4 rings (SSSR count). The molecule has 0 radical (unpaired) electrons. The minimum atomic E-state index is -0.126. The summed E-state index contributed by atoms with van der Waals surface area (Å²) in [4.78, 5) is 14.6. The summed E-state index contributed by atoms with van der Waals surface area (Å²) < 4.78 is 10.8. The van der Waals surface area contributed by atoms with E-state index in [1.54, 1.807) is 12.3 Å². The highest BCUT2D eigenvalue weighted by atomic mass is 16.5. The van der Waals surface area contributed by atoms with Crippen molar-refractivity contribution in [2.24, 2.45) is 0 Å². The molecular weight excluding hydrogens is 342 g/mol. The van der Waals surface area contributed by atoms with E-state index in [2.05, 4.69) is 15.4 Å². The molecule has 1 aliphatic heterocycles. The highest BCUT2D eigenvalue weighted by Gasteiger charge is 2.23. The van der Waals surface area contributed by atoms with Crippen LogP contribution in [0.25, 0.3) is 11.3 Å². The number of likely N-dealkylation sites (tertiary alicyclic amines) is 1. The number of amides is 1. The van der Waals surface area contributed by atoms with E-state index in [4.69, 9.17) is 8.94 Å². The first-order valence-corrected chi connectivity index (χ1v) is 9.27. The van der Waals surface area contributed by atoms with Gasteiger partial charge in [0, 0.05) is 36.3 Å². The molecule has 0 unspecified atom stereocenters. The fourth-order valence-electron chi connectivity index (χ4n) is 3.44. The zero-order chi connectivity index (χ0) is 18.6. The fraction of sp³-hybridized carbons (Fsp3) is 0.333. The third-order valence-corrected chi connectivity index (χ3v) is 5.00. The molecule has 27 heavy (non-hydrogen) atoms. The van der Waals surface area contributed by atoms with E-state index in [1.807, 2.05) is 43.3 Å². The van der Waals surface area contributed by atoms with Gasteiger partial charge in [0.15, 0.2) is 11.5 Å². The van der Waals surface area contributed by atoms with E-state index in [1.165, 1.54) is 0 Å². The number of rotatable bonds is 5. The lowest BCUT2D eigenvalue weighted by Gasteiger charge is -2.31. The van der Waals surface area contributed by atoms with Crippen LogP contribution in [-0.4, -0.2) is 35.1 Å². The second-order valence-corrected chi connectivity index (χ2v) is 7.00. The number of nitrogens with zero attached hydrogens (tertiary/aromatic N) is 2. The van der Waals surface area contributed by atoms with Gasteiger partial charge in [-0.1, -0.05) is 35.5 Å². The van der Waals surface area contributed by atoms with Gasteiger partial charge in [0.25, 0.3) is 5.91 Å². The van der Waals surface area contributed by atoms with Crippen LogP contribution in [0.15, 0.2) is 57.7 Å². The van der Waals surface area contributed by atoms with Gasteiger partial charge in [0.1, 0.15) is 5.69 Å². The van der Waals surface area contributed by atoms with Crippen molar-refractivity contribution in [3.05, 3.63) is 65.8 Å². The Morgan fingerprint density at radius 1 is 1.22 bits per heavy atom. The molecular formula is C21H23N3O3. The molecule has 1 N–H and O–H groups in total. The Labute approximate surface area is 158 Å². The molecule has 2 aromatic heterocycles. The Bertz CT molecular complexity index is 892. The van der Waals surface area contributed by atoms with Crippen LogP contribution in [0.3, 0.4) is 0 Å². The molecule has 1 aromatic carbocycles. The number of carbonyl (C=O) groups excluding carboxylic acids is 1. The number of benzene rings is 1. The van der Waals surface area contributed by atoms with E-state index in [0.29, 0.717) is 5.76 Å². The number of carbonyl (C=O) groups is 1. The molecule has 3 aromatic rings. The zero-order valence-electron chi connectivity index (χ0n) is 15.4. The Morgan fingerprint density at radius 2 is 2.00 bits per heavy atom. The van der Waals surface area contributed by atoms with Gasteiger partial charge < -0.3 is 14.3 Å². The Kier molecular flexibility index (Phi) is 5.07. The standard InChI is InChI=1S/C21H23N3O3/c1-15-9-12-26-20(15)21(25)22-17-7-10-24(11-8-17)14-18-13-19(23-27-18)16-5-3-2-4-6-16/h2-6,9,12-13,17H,7-8,10-11,14H2,1H3,(H,22,25). The summed E-state index contributed by atoms with van der Waals surface area (Å²) in [6.45, 7) is 4.42. The van der Waals surface area contributed by atoms with E-state index in [9.17, 15) is 4.79 Å². The molecule has 0 atom stereocenters. The maximum Gasteiger partial charge on any atom is 0.287 e. The summed E-state index contributed by atoms with van der Waals surface area (Å²) in [7, 11) is 0. The van der Waals surface area contributed by atoms with Crippen LogP contribution in [0.4, 0.5) is 0 Å². The van der Waals surface area contributed by atoms with Crippen molar-refractivity contribution in [1.82, 2.24) is 15.4 Å². The quantitative estimate of drug-likeness (QED) is 0.747. The molecule has 1 amide bonds. The van der Waals surface area contributed by atoms with Crippen molar-refractivity contribution in [2.45, 2.75) is 32.4 Å². The van der Waals surface area contributed by atoms with Gasteiger partial charge in [-0.15, -0.1) is 0 Å². The average molecular weight is 365 g/mol. The molecule has 6 nitrogen and oxygen atoms in total. The lowest BCUT2D eigenvalue weighted by molar-refractivity contribution is 0.0877. The first-order chi connectivity index (χ1) is 13.2. The Morgan fingerprint density at radius 3 is 2.70 bits per heavy atom. The van der Waals surface area contributed by atoms with Crippen molar-refractivity contribution < 1.29 is 13.7 Å². The molecule has 1 fully saturated rings. The van der Waals surface area contributed by atoms with E-state index in [0.717, 1.165) is 55.1 Å². The Hall–Kier alpha value is -2.86. The van der Waals surface area contributed by atoms with Gasteiger partial charge in [-0.3, -0.25) is 9.69 Å². The van der Waals surface area contributed by atoms with Gasteiger partial charge in [-0.2, -0.15) is 0 Å². The number of aromatic nitrogens is 1. The van der Waals surface area contributed by atoms with Gasteiger partial charge in [-0.25, -0.2) is 0 Å². The molecule has 0 bridgehead atoms. The summed E-state index contributed by atoms with van der Waals surface area (Å²) in [6, 6.07) is 14.0. The molecule has 6 heteroatoms. The van der Waals surface area contributed by atoms with Crippen molar-refractivity contribution >= 4 is 5.91 Å². The second kappa shape index (κ2) is 7.80. The third-order valence-electron chi connectivity index (χ3n) is 5.00. The fourth-order valence-corrected chi connectivity index (χ4v) is 3.44. The third kappa shape index (κ3) is 4.11. The normalized spacial score (nSPS) is 15.7. The smallest absolute Gasteiger partial charge is 0.287 e. The van der Waals surface area contributed by atoms with Gasteiger partial charge in [0.05, 0.1) is 12.8 Å². The summed E-state index contributed by atoms with van der Waals surface area (Å²) in [5.74, 6) is 1.15. The number of aryl methyl sites for hydroxylation is 1. The van der Waals surface area contributed by atoms with E-state index >= 15 is 0 Å². The lowest BCUT2D eigenvalue weighted by atomic mass is 10.0. The Balaban J connectivity index is 1.28. The van der Waals surface area contributed by atoms with Crippen LogP contribution in [0.1, 0.15) is 34.7 Å². The van der Waals surface area contributed by atoms with E-state index in [-0.39, 0.29) is 11.9 Å². The lowest BCUT2D eigenvalue weighted by Crippen LogP contribution is -2.44. The van der Waals surface area contributed by atoms with Crippen LogP contribution in [0, 0.1) is 6.92 Å². The topological polar surface area (TPSA) is 71.5 Å². The van der Waals surface area contributed by atoms with Crippen molar-refractivity contribution in [3.8, 4) is 11.3 Å². The second-order valence-electron chi connectivity index (χ2n) is 7.00. The number of piperidine rings is 1. The molecule has 1 saturated heterocycles. The van der Waals surface area contributed by atoms with Crippen LogP contribution in [0.5, 0.6) is 0 Å². The summed E-state index contributed by atoms with van der Waals surface area (Å²) in [5.41, 5.74) is 2.79. The number of hydrogen-bond donors (Lipinski definition) is 1. The van der Waals surface area contributed by atoms with Crippen LogP contribution in [0.2, 0.25) is 0 Å². The molecule has 0 saturated carbocycles. The van der Waals surface area contributed by atoms with Gasteiger partial charge in [-0.05, 0) is 25.8 Å². The maximum atomic E-state index is 12.3. The van der Waals surface area contributed by atoms with Crippen LogP contribution >= 0.6 is 0 Å². The van der Waals surface area contributed by atoms with Gasteiger partial charge >= 0.3 is 0 Å². The minimum Gasteiger partial charge on any atom is -0.459 e. The average Bonchev–Trinajstić information content (AvgIpc) is 3.33. The molecule has 1 aliphatic rings. The summed E-state index contributed by atoms with van der Waals surface area (Å²) in [6.07, 6.45) is 3.37. The van der Waals surface area contributed by atoms with Crippen LogP contribution < -0.4 is 5.32 Å². The first kappa shape index (κ1) is 17.5. The SMILES string of the molecule is Cc1ccoc1C(=O)NC1CCN(Cc2cc(-c3ccccc3)no2)CC1. The molecule has 0 spiro atoms. The molecule has 3 heterocycles. The number of nitrogens with one attached hydrogen (secondary N) is 1. The van der Waals surface area contributed by atoms with Crippen LogP contribution in [-0.2, 0) is 6.54 Å². The highest BCUT2D eigenvalue weighted by molar-refractivity contribution is 5.92. The van der Waals surface area contributed by atoms with Gasteiger partial charge in [0.2, 0.25) is 0 Å². The largest absolute Gasteiger partial charge is 0.459 e. The van der Waals surface area contributed by atoms with Crippen molar-refractivity contribution in [2.75, 3.05) is 13.1 Å². The van der Waals surface area contributed by atoms with E-state index < -0.39 is 0 Å². The predicted octanol–water partition coefficient (Wildman–Crippen LogP) is 3.64. The zero-order valence-corrected chi connectivity index (χ0v) is 15.4. The minimum absolute atomic E-state index is 0.126. The summed E-state index contributed by atoms with van der Waals surface area (Å²) in [5, 5.41) is 7.25. The monoisotopic (exact) mass is 365 g/mol. The van der Waals surface area contributed by atoms with Crippen molar-refractivity contribution in [1.29, 1.82) is 0 Å².